The zero-order chi connectivity index (χ0) is 23.4. The monoisotopic (exact) mass is 454 g/mol. The summed E-state index contributed by atoms with van der Waals surface area (Å²) in [5.74, 6) is -8.45. The van der Waals surface area contributed by atoms with Crippen LogP contribution in [0.2, 0.25) is 0 Å². The third-order valence-electron chi connectivity index (χ3n) is 4.28. The van der Waals surface area contributed by atoms with Crippen molar-refractivity contribution in [2.24, 2.45) is 0 Å². The first kappa shape index (κ1) is 22.9. The summed E-state index contributed by atoms with van der Waals surface area (Å²) in [7, 11) is 0. The van der Waals surface area contributed by atoms with Gasteiger partial charge >= 0.3 is 5.97 Å². The first-order valence-corrected chi connectivity index (χ1v) is 9.20. The van der Waals surface area contributed by atoms with Crippen molar-refractivity contribution in [1.82, 2.24) is 4.98 Å². The van der Waals surface area contributed by atoms with Gasteiger partial charge in [0.1, 0.15) is 11.6 Å². The Morgan fingerprint density at radius 3 is 2.41 bits per heavy atom. The van der Waals surface area contributed by atoms with Crippen LogP contribution in [0.4, 0.5) is 27.6 Å². The van der Waals surface area contributed by atoms with E-state index in [1.54, 1.807) is 0 Å². The third kappa shape index (κ3) is 5.10. The quantitative estimate of drug-likeness (QED) is 0.322. The molecule has 1 amide bonds. The van der Waals surface area contributed by atoms with Gasteiger partial charge < -0.3 is 14.5 Å². The Bertz CT molecular complexity index is 1140. The molecular weight excluding hydrogens is 439 g/mol. The van der Waals surface area contributed by atoms with E-state index in [-0.39, 0.29) is 24.5 Å². The molecule has 0 saturated carbocycles. The maximum atomic E-state index is 13.8. The van der Waals surface area contributed by atoms with Crippen LogP contribution >= 0.6 is 0 Å². The van der Waals surface area contributed by atoms with Crippen LogP contribution < -0.4 is 5.32 Å². The van der Waals surface area contributed by atoms with E-state index in [2.05, 4.69) is 4.98 Å². The highest BCUT2D eigenvalue weighted by molar-refractivity contribution is 5.95. The lowest BCUT2D eigenvalue weighted by atomic mass is 10.1. The van der Waals surface area contributed by atoms with E-state index in [0.29, 0.717) is 6.07 Å². The summed E-state index contributed by atoms with van der Waals surface area (Å²) in [6.07, 6.45) is -0.672. The highest BCUT2D eigenvalue weighted by Crippen LogP contribution is 2.27. The van der Waals surface area contributed by atoms with Gasteiger partial charge in [0.05, 0.1) is 23.9 Å². The summed E-state index contributed by atoms with van der Waals surface area (Å²) in [6.45, 7) is 1.19. The molecule has 1 atom stereocenters. The van der Waals surface area contributed by atoms with Crippen molar-refractivity contribution in [3.63, 3.8) is 0 Å². The van der Waals surface area contributed by atoms with Gasteiger partial charge in [0.25, 0.3) is 5.91 Å². The molecule has 32 heavy (non-hydrogen) atoms. The second-order valence-corrected chi connectivity index (χ2v) is 6.56. The Kier molecular flexibility index (Phi) is 6.86. The van der Waals surface area contributed by atoms with E-state index < -0.39 is 58.3 Å². The van der Waals surface area contributed by atoms with Crippen LogP contribution in [0.1, 0.15) is 19.2 Å². The number of halogens is 5. The lowest BCUT2D eigenvalue weighted by molar-refractivity contribution is -0.153. The largest absolute Gasteiger partial charge is 0.453 e. The predicted octanol–water partition coefficient (Wildman–Crippen LogP) is 4.54. The fraction of sp³-hybridized carbons (Fsp3) is 0.190. The Balaban J connectivity index is 1.54. The van der Waals surface area contributed by atoms with Crippen LogP contribution in [-0.4, -0.2) is 23.0 Å². The van der Waals surface area contributed by atoms with E-state index in [1.807, 2.05) is 5.32 Å². The second kappa shape index (κ2) is 9.58. The van der Waals surface area contributed by atoms with E-state index in [9.17, 15) is 31.5 Å². The molecule has 1 aromatic heterocycles. The lowest BCUT2D eigenvalue weighted by Crippen LogP contribution is -2.30. The van der Waals surface area contributed by atoms with Crippen molar-refractivity contribution in [2.45, 2.75) is 25.9 Å². The average Bonchev–Trinajstić information content (AvgIpc) is 3.21. The van der Waals surface area contributed by atoms with Crippen molar-refractivity contribution in [3.8, 4) is 11.3 Å². The number of hydrogen-bond donors (Lipinski definition) is 1. The molecule has 1 unspecified atom stereocenters. The number of aryl methyl sites for hydroxylation is 1. The number of rotatable bonds is 7. The van der Waals surface area contributed by atoms with Crippen LogP contribution in [0.25, 0.3) is 11.3 Å². The summed E-state index contributed by atoms with van der Waals surface area (Å²) in [6, 6.07) is 4.74. The number of nitrogens with zero attached hydrogens (tertiary/aromatic N) is 1. The van der Waals surface area contributed by atoms with Gasteiger partial charge in [-0.2, -0.15) is 0 Å². The van der Waals surface area contributed by atoms with Crippen LogP contribution in [0, 0.1) is 29.1 Å². The average molecular weight is 454 g/mol. The number of oxazole rings is 1. The van der Waals surface area contributed by atoms with E-state index >= 15 is 0 Å². The normalized spacial score (nSPS) is 11.8. The van der Waals surface area contributed by atoms with E-state index in [1.165, 1.54) is 13.0 Å². The molecule has 0 aliphatic rings. The van der Waals surface area contributed by atoms with Gasteiger partial charge in [-0.15, -0.1) is 0 Å². The SMILES string of the molecule is CC(OC(=O)CCc1ncc(-c2c(F)cccc2F)o1)C(=O)Nc1ccc(F)c(F)c1F. The number of nitrogens with one attached hydrogen (secondary N) is 1. The molecule has 1 N–H and O–H groups in total. The van der Waals surface area contributed by atoms with Gasteiger partial charge in [-0.3, -0.25) is 9.59 Å². The Hall–Kier alpha value is -3.76. The molecule has 3 aromatic rings. The number of carbonyl (C=O) groups excluding carboxylic acids is 2. The smallest absolute Gasteiger partial charge is 0.307 e. The van der Waals surface area contributed by atoms with Gasteiger partial charge in [-0.1, -0.05) is 6.07 Å². The maximum Gasteiger partial charge on any atom is 0.307 e. The molecule has 0 spiro atoms. The fourth-order valence-corrected chi connectivity index (χ4v) is 2.65. The van der Waals surface area contributed by atoms with Gasteiger partial charge in [0.15, 0.2) is 35.2 Å². The first-order chi connectivity index (χ1) is 15.2. The summed E-state index contributed by atoms with van der Waals surface area (Å²) in [4.78, 5) is 27.8. The van der Waals surface area contributed by atoms with Crippen molar-refractivity contribution < 1.29 is 40.7 Å². The van der Waals surface area contributed by atoms with Crippen molar-refractivity contribution >= 4 is 17.6 Å². The molecule has 1 heterocycles. The molecule has 0 aliphatic heterocycles. The molecule has 3 rings (SSSR count). The molecule has 0 aliphatic carbocycles. The number of anilines is 1. The molecule has 2 aromatic carbocycles. The van der Waals surface area contributed by atoms with Gasteiger partial charge in [0.2, 0.25) is 0 Å². The second-order valence-electron chi connectivity index (χ2n) is 6.56. The van der Waals surface area contributed by atoms with Crippen molar-refractivity contribution in [3.05, 3.63) is 71.5 Å². The molecule has 0 bridgehead atoms. The Morgan fingerprint density at radius 2 is 1.72 bits per heavy atom. The summed E-state index contributed by atoms with van der Waals surface area (Å²) >= 11 is 0. The number of esters is 1. The van der Waals surface area contributed by atoms with Gasteiger partial charge in [-0.05, 0) is 31.2 Å². The van der Waals surface area contributed by atoms with E-state index in [4.69, 9.17) is 9.15 Å². The molecule has 0 radical (unpaired) electrons. The highest BCUT2D eigenvalue weighted by Gasteiger charge is 2.22. The molecule has 11 heteroatoms. The van der Waals surface area contributed by atoms with Crippen molar-refractivity contribution in [1.29, 1.82) is 0 Å². The minimum absolute atomic E-state index is 0.000524. The zero-order valence-electron chi connectivity index (χ0n) is 16.4. The number of carbonyl (C=O) groups is 2. The zero-order valence-corrected chi connectivity index (χ0v) is 16.4. The van der Waals surface area contributed by atoms with Crippen LogP contribution in [0.15, 0.2) is 40.9 Å². The summed E-state index contributed by atoms with van der Waals surface area (Å²) in [5, 5.41) is 1.99. The number of ether oxygens (including phenoxy) is 1. The standard InChI is InChI=1S/C21H15F5N2O4/c1-10(21(30)28-14-6-5-13(24)19(25)20(14)26)31-17(29)8-7-16-27-9-15(32-16)18-11(22)3-2-4-12(18)23/h2-6,9-10H,7-8H2,1H3,(H,28,30). The molecule has 0 saturated heterocycles. The van der Waals surface area contributed by atoms with Crippen LogP contribution in [0.5, 0.6) is 0 Å². The number of benzene rings is 2. The predicted molar refractivity (Wildman–Crippen MR) is 101 cm³/mol. The maximum absolute atomic E-state index is 13.8. The Morgan fingerprint density at radius 1 is 1.03 bits per heavy atom. The molecule has 0 fully saturated rings. The van der Waals surface area contributed by atoms with Crippen LogP contribution in [0.3, 0.4) is 0 Å². The van der Waals surface area contributed by atoms with Gasteiger partial charge in [0, 0.05) is 6.42 Å². The van der Waals surface area contributed by atoms with Gasteiger partial charge in [-0.25, -0.2) is 26.9 Å². The van der Waals surface area contributed by atoms with Crippen LogP contribution in [-0.2, 0) is 20.7 Å². The summed E-state index contributed by atoms with van der Waals surface area (Å²) in [5.41, 5.74) is -1.02. The molecule has 168 valence electrons. The van der Waals surface area contributed by atoms with E-state index in [0.717, 1.165) is 24.4 Å². The topological polar surface area (TPSA) is 81.4 Å². The number of amides is 1. The third-order valence-corrected chi connectivity index (χ3v) is 4.28. The lowest BCUT2D eigenvalue weighted by Gasteiger charge is -2.14. The molecular formula is C21H15F5N2O4. The number of hydrogen-bond acceptors (Lipinski definition) is 5. The highest BCUT2D eigenvalue weighted by atomic mass is 19.2. The minimum atomic E-state index is -1.76. The minimum Gasteiger partial charge on any atom is -0.453 e. The van der Waals surface area contributed by atoms with Crippen molar-refractivity contribution in [2.75, 3.05) is 5.32 Å². The number of aromatic nitrogens is 1. The molecule has 6 nitrogen and oxygen atoms in total. The fourth-order valence-electron chi connectivity index (χ4n) is 2.65. The Labute approximate surface area is 178 Å². The summed E-state index contributed by atoms with van der Waals surface area (Å²) < 4.78 is 77.6. The first-order valence-electron chi connectivity index (χ1n) is 9.20.